The summed E-state index contributed by atoms with van der Waals surface area (Å²) in [4.78, 5) is 0. The molecule has 1 aliphatic heterocycles. The van der Waals surface area contributed by atoms with Crippen LogP contribution in [-0.2, 0) is 6.42 Å². The molecule has 0 amide bonds. The third kappa shape index (κ3) is 2.67. The third-order valence-corrected chi connectivity index (χ3v) is 3.54. The van der Waals surface area contributed by atoms with Crippen LogP contribution in [0.15, 0.2) is 18.2 Å². The van der Waals surface area contributed by atoms with E-state index >= 15 is 0 Å². The van der Waals surface area contributed by atoms with Crippen LogP contribution in [0.1, 0.15) is 25.3 Å². The molecule has 1 aliphatic rings. The Morgan fingerprint density at radius 1 is 1.56 bits per heavy atom. The van der Waals surface area contributed by atoms with Crippen molar-refractivity contribution in [3.8, 4) is 5.75 Å². The van der Waals surface area contributed by atoms with Gasteiger partial charge in [-0.05, 0) is 37.0 Å². The Bertz CT molecular complexity index is 367. The zero-order valence-corrected chi connectivity index (χ0v) is 10.1. The molecular weight excluding hydrogens is 227 g/mol. The van der Waals surface area contributed by atoms with Crippen LogP contribution in [0.3, 0.4) is 0 Å². The van der Waals surface area contributed by atoms with E-state index in [0.29, 0.717) is 11.8 Å². The molecule has 0 spiro atoms. The molecule has 0 aliphatic carbocycles. The van der Waals surface area contributed by atoms with Crippen molar-refractivity contribution in [1.82, 2.24) is 0 Å². The van der Waals surface area contributed by atoms with Crippen LogP contribution in [0.5, 0.6) is 5.75 Å². The molecule has 2 unspecified atom stereocenters. The molecule has 3 heteroatoms. The van der Waals surface area contributed by atoms with Gasteiger partial charge in [0.2, 0.25) is 0 Å². The fourth-order valence-electron chi connectivity index (χ4n) is 2.00. The van der Waals surface area contributed by atoms with E-state index in [1.54, 1.807) is 12.1 Å². The van der Waals surface area contributed by atoms with Gasteiger partial charge in [-0.1, -0.05) is 6.92 Å². The van der Waals surface area contributed by atoms with Crippen molar-refractivity contribution < 1.29 is 9.13 Å². The van der Waals surface area contributed by atoms with Gasteiger partial charge in [-0.25, -0.2) is 4.39 Å². The van der Waals surface area contributed by atoms with Gasteiger partial charge in [0.1, 0.15) is 17.7 Å². The topological polar surface area (TPSA) is 9.23 Å². The lowest BCUT2D eigenvalue weighted by atomic mass is 10.0. The van der Waals surface area contributed by atoms with Crippen molar-refractivity contribution in [3.63, 3.8) is 0 Å². The summed E-state index contributed by atoms with van der Waals surface area (Å²) in [6.07, 6.45) is 3.07. The van der Waals surface area contributed by atoms with Gasteiger partial charge in [-0.2, -0.15) is 0 Å². The number of alkyl halides is 1. The zero-order chi connectivity index (χ0) is 11.5. The Balaban J connectivity index is 1.90. The predicted molar refractivity (Wildman–Crippen MR) is 63.6 cm³/mol. The molecule has 16 heavy (non-hydrogen) atoms. The Morgan fingerprint density at radius 3 is 3.12 bits per heavy atom. The molecular formula is C13H16ClFO. The number of ether oxygens (including phenoxy) is 1. The maximum Gasteiger partial charge on any atom is 0.123 e. The SMILES string of the molecule is CC(CCl)CCC1Cc2cc(F)ccc2O1. The predicted octanol–water partition coefficient (Wildman–Crippen LogP) is 3.78. The van der Waals surface area contributed by atoms with Crippen LogP contribution in [0.4, 0.5) is 4.39 Å². The molecule has 0 saturated carbocycles. The van der Waals surface area contributed by atoms with Crippen molar-refractivity contribution in [1.29, 1.82) is 0 Å². The van der Waals surface area contributed by atoms with Crippen molar-refractivity contribution in [3.05, 3.63) is 29.6 Å². The van der Waals surface area contributed by atoms with E-state index in [1.165, 1.54) is 6.07 Å². The lowest BCUT2D eigenvalue weighted by molar-refractivity contribution is 0.211. The summed E-state index contributed by atoms with van der Waals surface area (Å²) in [7, 11) is 0. The highest BCUT2D eigenvalue weighted by Gasteiger charge is 2.23. The van der Waals surface area contributed by atoms with Crippen LogP contribution in [0, 0.1) is 11.7 Å². The lowest BCUT2D eigenvalue weighted by Crippen LogP contribution is -2.14. The second-order valence-corrected chi connectivity index (χ2v) is 4.84. The molecule has 0 saturated heterocycles. The molecule has 0 radical (unpaired) electrons. The Kier molecular flexibility index (Phi) is 3.70. The highest BCUT2D eigenvalue weighted by Crippen LogP contribution is 2.31. The van der Waals surface area contributed by atoms with Gasteiger partial charge in [-0.3, -0.25) is 0 Å². The maximum atomic E-state index is 13.0. The fraction of sp³-hybridized carbons (Fsp3) is 0.538. The number of halogens is 2. The quantitative estimate of drug-likeness (QED) is 0.730. The third-order valence-electron chi connectivity index (χ3n) is 3.01. The van der Waals surface area contributed by atoms with E-state index in [4.69, 9.17) is 16.3 Å². The van der Waals surface area contributed by atoms with E-state index in [2.05, 4.69) is 6.92 Å². The summed E-state index contributed by atoms with van der Waals surface area (Å²) >= 11 is 5.76. The van der Waals surface area contributed by atoms with Gasteiger partial charge in [0.05, 0.1) is 0 Å². The van der Waals surface area contributed by atoms with Crippen LogP contribution < -0.4 is 4.74 Å². The summed E-state index contributed by atoms with van der Waals surface area (Å²) in [6.45, 7) is 2.13. The first-order chi connectivity index (χ1) is 7.69. The number of fused-ring (bicyclic) bond motifs is 1. The van der Waals surface area contributed by atoms with E-state index in [0.717, 1.165) is 30.6 Å². The molecule has 2 rings (SSSR count). The zero-order valence-electron chi connectivity index (χ0n) is 9.38. The molecule has 0 N–H and O–H groups in total. The summed E-state index contributed by atoms with van der Waals surface area (Å²) < 4.78 is 18.7. The number of rotatable bonds is 4. The summed E-state index contributed by atoms with van der Waals surface area (Å²) in [6, 6.07) is 4.73. The van der Waals surface area contributed by atoms with Gasteiger partial charge in [-0.15, -0.1) is 11.6 Å². The highest BCUT2D eigenvalue weighted by molar-refractivity contribution is 6.18. The van der Waals surface area contributed by atoms with E-state index in [-0.39, 0.29) is 11.9 Å². The van der Waals surface area contributed by atoms with Gasteiger partial charge < -0.3 is 4.74 Å². The minimum Gasteiger partial charge on any atom is -0.490 e. The van der Waals surface area contributed by atoms with E-state index in [9.17, 15) is 4.39 Å². The monoisotopic (exact) mass is 242 g/mol. The first kappa shape index (κ1) is 11.7. The molecule has 1 heterocycles. The molecule has 2 atom stereocenters. The molecule has 0 aromatic heterocycles. The summed E-state index contributed by atoms with van der Waals surface area (Å²) in [5.41, 5.74) is 0.989. The normalized spacial score (nSPS) is 20.3. The smallest absolute Gasteiger partial charge is 0.123 e. The Morgan fingerprint density at radius 2 is 2.38 bits per heavy atom. The molecule has 1 aromatic carbocycles. The van der Waals surface area contributed by atoms with Gasteiger partial charge in [0.25, 0.3) is 0 Å². The van der Waals surface area contributed by atoms with E-state index in [1.807, 2.05) is 0 Å². The Labute approximate surface area is 101 Å². The first-order valence-electron chi connectivity index (χ1n) is 5.70. The van der Waals surface area contributed by atoms with Crippen LogP contribution >= 0.6 is 11.6 Å². The summed E-state index contributed by atoms with van der Waals surface area (Å²) in [5, 5.41) is 0. The molecule has 1 nitrogen and oxygen atoms in total. The van der Waals surface area contributed by atoms with Gasteiger partial charge in [0, 0.05) is 17.9 Å². The average Bonchev–Trinajstić information content (AvgIpc) is 2.67. The van der Waals surface area contributed by atoms with Crippen LogP contribution in [0.25, 0.3) is 0 Å². The van der Waals surface area contributed by atoms with Gasteiger partial charge in [0.15, 0.2) is 0 Å². The van der Waals surface area contributed by atoms with Crippen molar-refractivity contribution in [2.24, 2.45) is 5.92 Å². The maximum absolute atomic E-state index is 13.0. The number of benzene rings is 1. The highest BCUT2D eigenvalue weighted by atomic mass is 35.5. The van der Waals surface area contributed by atoms with Gasteiger partial charge >= 0.3 is 0 Å². The molecule has 88 valence electrons. The number of hydrogen-bond donors (Lipinski definition) is 0. The first-order valence-corrected chi connectivity index (χ1v) is 6.23. The largest absolute Gasteiger partial charge is 0.490 e. The molecule has 0 fully saturated rings. The second kappa shape index (κ2) is 5.05. The number of hydrogen-bond acceptors (Lipinski definition) is 1. The Hall–Kier alpha value is -0.760. The average molecular weight is 243 g/mol. The minimum atomic E-state index is -0.183. The molecule has 1 aromatic rings. The minimum absolute atomic E-state index is 0.183. The fourth-order valence-corrected chi connectivity index (χ4v) is 2.15. The molecule has 0 bridgehead atoms. The van der Waals surface area contributed by atoms with Crippen molar-refractivity contribution in [2.45, 2.75) is 32.3 Å². The second-order valence-electron chi connectivity index (χ2n) is 4.53. The van der Waals surface area contributed by atoms with Crippen LogP contribution in [0.2, 0.25) is 0 Å². The van der Waals surface area contributed by atoms with Crippen molar-refractivity contribution in [2.75, 3.05) is 5.88 Å². The lowest BCUT2D eigenvalue weighted by Gasteiger charge is -2.12. The summed E-state index contributed by atoms with van der Waals surface area (Å²) in [5.74, 6) is 1.86. The van der Waals surface area contributed by atoms with Crippen molar-refractivity contribution >= 4 is 11.6 Å². The van der Waals surface area contributed by atoms with E-state index < -0.39 is 0 Å². The van der Waals surface area contributed by atoms with Crippen LogP contribution in [-0.4, -0.2) is 12.0 Å². The standard InChI is InChI=1S/C13H16ClFO/c1-9(8-14)2-4-12-7-10-6-11(15)3-5-13(10)16-12/h3,5-6,9,12H,2,4,7-8H2,1H3.